The van der Waals surface area contributed by atoms with E-state index in [2.05, 4.69) is 25.9 Å². The van der Waals surface area contributed by atoms with Gasteiger partial charge in [-0.25, -0.2) is 14.2 Å². The lowest BCUT2D eigenvalue weighted by Crippen LogP contribution is -2.22. The summed E-state index contributed by atoms with van der Waals surface area (Å²) in [5.41, 5.74) is 8.20. The van der Waals surface area contributed by atoms with E-state index >= 15 is 0 Å². The van der Waals surface area contributed by atoms with Crippen LogP contribution in [-0.2, 0) is 0 Å². The topological polar surface area (TPSA) is 123 Å². The third kappa shape index (κ3) is 4.81. The maximum Gasteiger partial charge on any atom is 0.412 e. The number of hydrogen-bond acceptors (Lipinski definition) is 8. The van der Waals surface area contributed by atoms with Gasteiger partial charge < -0.3 is 31.2 Å². The quantitative estimate of drug-likeness (QED) is 0.490. The molecule has 3 aromatic rings. The number of rotatable bonds is 5. The summed E-state index contributed by atoms with van der Waals surface area (Å²) in [6, 6.07) is 11.9. The molecule has 1 aliphatic rings. The number of ether oxygens (including phenoxy) is 2. The van der Waals surface area contributed by atoms with Crippen molar-refractivity contribution >= 4 is 29.2 Å². The van der Waals surface area contributed by atoms with Gasteiger partial charge in [0.25, 0.3) is 0 Å². The van der Waals surface area contributed by atoms with Gasteiger partial charge in [0.05, 0.1) is 12.8 Å². The van der Waals surface area contributed by atoms with Crippen molar-refractivity contribution in [1.29, 1.82) is 0 Å². The van der Waals surface area contributed by atoms with Gasteiger partial charge in [-0.1, -0.05) is 6.07 Å². The van der Waals surface area contributed by atoms with Crippen LogP contribution in [0.5, 0.6) is 11.5 Å². The first-order valence-electron chi connectivity index (χ1n) is 9.60. The zero-order valence-corrected chi connectivity index (χ0v) is 16.7. The number of carbonyl (C=O) groups excluding carboxylic acids is 1. The van der Waals surface area contributed by atoms with Gasteiger partial charge in [0, 0.05) is 42.5 Å². The van der Waals surface area contributed by atoms with E-state index in [0.29, 0.717) is 23.7 Å². The summed E-state index contributed by atoms with van der Waals surface area (Å²) < 4.78 is 25.0. The molecule has 0 saturated carbocycles. The zero-order valence-electron chi connectivity index (χ0n) is 16.7. The maximum absolute atomic E-state index is 14.3. The van der Waals surface area contributed by atoms with Gasteiger partial charge >= 0.3 is 6.09 Å². The number of aromatic nitrogens is 2. The predicted molar refractivity (Wildman–Crippen MR) is 114 cm³/mol. The Balaban J connectivity index is 1.52. The van der Waals surface area contributed by atoms with E-state index in [1.165, 1.54) is 7.05 Å². The van der Waals surface area contributed by atoms with E-state index in [1.54, 1.807) is 36.4 Å². The van der Waals surface area contributed by atoms with Gasteiger partial charge in [0.1, 0.15) is 11.5 Å². The number of carbonyl (C=O) groups is 1. The SMILES string of the molecule is CNC(=O)Oc1cccc(Nc2ncc(F)c(Nc3ccc4c(c3)C(N)CCO4)n2)c1. The minimum Gasteiger partial charge on any atom is -0.493 e. The van der Waals surface area contributed by atoms with Crippen LogP contribution in [0.2, 0.25) is 0 Å². The number of halogens is 1. The van der Waals surface area contributed by atoms with E-state index in [0.717, 1.165) is 23.9 Å². The van der Waals surface area contributed by atoms with E-state index in [1.807, 2.05) is 6.07 Å². The summed E-state index contributed by atoms with van der Waals surface area (Å²) in [7, 11) is 1.47. The van der Waals surface area contributed by atoms with Gasteiger partial charge in [0.15, 0.2) is 11.6 Å². The molecule has 0 spiro atoms. The highest BCUT2D eigenvalue weighted by Crippen LogP contribution is 2.33. The fourth-order valence-corrected chi connectivity index (χ4v) is 3.08. The third-order valence-corrected chi connectivity index (χ3v) is 4.61. The fourth-order valence-electron chi connectivity index (χ4n) is 3.08. The fraction of sp³-hybridized carbons (Fsp3) is 0.190. The van der Waals surface area contributed by atoms with E-state index < -0.39 is 11.9 Å². The molecular formula is C21H21FN6O3. The Labute approximate surface area is 177 Å². The third-order valence-electron chi connectivity index (χ3n) is 4.61. The zero-order chi connectivity index (χ0) is 21.8. The summed E-state index contributed by atoms with van der Waals surface area (Å²) in [4.78, 5) is 19.5. The molecule has 5 N–H and O–H groups in total. The Morgan fingerprint density at radius 1 is 1.23 bits per heavy atom. The Bertz CT molecular complexity index is 1110. The molecule has 1 amide bonds. The van der Waals surface area contributed by atoms with E-state index in [4.69, 9.17) is 15.2 Å². The van der Waals surface area contributed by atoms with Crippen molar-refractivity contribution in [2.75, 3.05) is 24.3 Å². The van der Waals surface area contributed by atoms with E-state index in [-0.39, 0.29) is 17.8 Å². The smallest absolute Gasteiger partial charge is 0.412 e. The van der Waals surface area contributed by atoms with Gasteiger partial charge in [-0.3, -0.25) is 0 Å². The highest BCUT2D eigenvalue weighted by Gasteiger charge is 2.19. The van der Waals surface area contributed by atoms with Crippen LogP contribution in [0.3, 0.4) is 0 Å². The van der Waals surface area contributed by atoms with Crippen LogP contribution < -0.4 is 31.2 Å². The molecule has 9 nitrogen and oxygen atoms in total. The number of nitrogens with zero attached hydrogens (tertiary/aromatic N) is 2. The number of amides is 1. The molecule has 1 aliphatic heterocycles. The first kappa shape index (κ1) is 20.4. The maximum atomic E-state index is 14.3. The molecule has 31 heavy (non-hydrogen) atoms. The van der Waals surface area contributed by atoms with Crippen molar-refractivity contribution in [3.8, 4) is 11.5 Å². The molecule has 0 saturated heterocycles. The van der Waals surface area contributed by atoms with Gasteiger partial charge in [-0.05, 0) is 30.3 Å². The lowest BCUT2D eigenvalue weighted by atomic mass is 10.0. The Kier molecular flexibility index (Phi) is 5.80. The van der Waals surface area contributed by atoms with Crippen molar-refractivity contribution in [2.24, 2.45) is 5.73 Å². The molecule has 160 valence electrons. The van der Waals surface area contributed by atoms with Crippen molar-refractivity contribution in [3.05, 3.63) is 60.0 Å². The molecule has 2 aromatic carbocycles. The molecule has 1 atom stereocenters. The highest BCUT2D eigenvalue weighted by molar-refractivity contribution is 5.71. The molecule has 10 heteroatoms. The van der Waals surface area contributed by atoms with Crippen LogP contribution in [-0.4, -0.2) is 29.7 Å². The largest absolute Gasteiger partial charge is 0.493 e. The molecule has 0 fully saturated rings. The number of hydrogen-bond donors (Lipinski definition) is 4. The van der Waals surface area contributed by atoms with Crippen LogP contribution in [0.25, 0.3) is 0 Å². The second-order valence-corrected chi connectivity index (χ2v) is 6.80. The summed E-state index contributed by atoms with van der Waals surface area (Å²) in [5, 5.41) is 8.29. The Morgan fingerprint density at radius 3 is 2.90 bits per heavy atom. The Hall–Kier alpha value is -3.92. The second kappa shape index (κ2) is 8.84. The van der Waals surface area contributed by atoms with Gasteiger partial charge in [-0.2, -0.15) is 4.98 Å². The predicted octanol–water partition coefficient (Wildman–Crippen LogP) is 3.60. The highest BCUT2D eigenvalue weighted by atomic mass is 19.1. The number of fused-ring (bicyclic) bond motifs is 1. The number of anilines is 4. The van der Waals surface area contributed by atoms with Crippen LogP contribution in [0.15, 0.2) is 48.7 Å². The molecule has 2 heterocycles. The molecule has 1 unspecified atom stereocenters. The molecule has 0 bridgehead atoms. The van der Waals surface area contributed by atoms with Crippen molar-refractivity contribution < 1.29 is 18.7 Å². The second-order valence-electron chi connectivity index (χ2n) is 6.80. The molecule has 4 rings (SSSR count). The number of benzene rings is 2. The lowest BCUT2D eigenvalue weighted by Gasteiger charge is -2.23. The Morgan fingerprint density at radius 2 is 2.06 bits per heavy atom. The molecular weight excluding hydrogens is 403 g/mol. The van der Waals surface area contributed by atoms with Gasteiger partial charge in [0.2, 0.25) is 5.95 Å². The normalized spacial score (nSPS) is 14.7. The summed E-state index contributed by atoms with van der Waals surface area (Å²) in [5.74, 6) is 0.617. The number of nitrogens with two attached hydrogens (primary N) is 1. The van der Waals surface area contributed by atoms with E-state index in [9.17, 15) is 9.18 Å². The number of nitrogens with one attached hydrogen (secondary N) is 3. The summed E-state index contributed by atoms with van der Waals surface area (Å²) >= 11 is 0. The molecule has 0 aliphatic carbocycles. The molecule has 0 radical (unpaired) electrons. The van der Waals surface area contributed by atoms with Crippen LogP contribution in [0, 0.1) is 5.82 Å². The standard InChI is InChI=1S/C21H21FN6O3/c1-24-21(29)31-14-4-2-3-12(9-14)27-20-25-11-16(22)19(28-20)26-13-5-6-18-15(10-13)17(23)7-8-30-18/h2-6,9-11,17H,7-8,23H2,1H3,(H,24,29)(H2,25,26,27,28). The van der Waals surface area contributed by atoms with Gasteiger partial charge in [-0.15, -0.1) is 0 Å². The van der Waals surface area contributed by atoms with Crippen LogP contribution in [0.4, 0.5) is 32.3 Å². The monoisotopic (exact) mass is 424 g/mol. The first-order chi connectivity index (χ1) is 15.0. The van der Waals surface area contributed by atoms with Crippen molar-refractivity contribution in [1.82, 2.24) is 15.3 Å². The average molecular weight is 424 g/mol. The summed E-state index contributed by atoms with van der Waals surface area (Å²) in [6.07, 6.45) is 1.20. The molecule has 1 aromatic heterocycles. The van der Waals surface area contributed by atoms with Crippen molar-refractivity contribution in [2.45, 2.75) is 12.5 Å². The first-order valence-corrected chi connectivity index (χ1v) is 9.60. The summed E-state index contributed by atoms with van der Waals surface area (Å²) in [6.45, 7) is 0.575. The van der Waals surface area contributed by atoms with Crippen LogP contribution in [0.1, 0.15) is 18.0 Å². The average Bonchev–Trinajstić information content (AvgIpc) is 2.77. The lowest BCUT2D eigenvalue weighted by molar-refractivity contribution is 0.203. The minimum absolute atomic E-state index is 0.000476. The van der Waals surface area contributed by atoms with Crippen LogP contribution >= 0.6 is 0 Å². The minimum atomic E-state index is -0.611. The van der Waals surface area contributed by atoms with Crippen molar-refractivity contribution in [3.63, 3.8) is 0 Å².